The molecule has 1 aromatic heterocycles. The highest BCUT2D eigenvalue weighted by atomic mass is 32.1. The largest absolute Gasteiger partial charge is 0.511 e. The number of aliphatic hydroxyl groups is 3. The number of aliphatic hydroxyl groups excluding tert-OH is 3. The van der Waals surface area contributed by atoms with E-state index in [1.54, 1.807) is 26.2 Å². The Kier molecular flexibility index (Phi) is 6.75. The van der Waals surface area contributed by atoms with Gasteiger partial charge in [0.05, 0.1) is 42.1 Å². The first-order chi connectivity index (χ1) is 20.5. The minimum Gasteiger partial charge on any atom is -0.511 e. The Hall–Kier alpha value is -4.72. The summed E-state index contributed by atoms with van der Waals surface area (Å²) in [5.74, 6) is -8.62. The molecular formula is C30H28N4O8S. The number of carbonyl (C=O) groups excluding carboxylic acids is 3. The average Bonchev–Trinajstić information content (AvgIpc) is 3.45. The predicted molar refractivity (Wildman–Crippen MR) is 156 cm³/mol. The molecule has 0 bridgehead atoms. The molecule has 0 spiro atoms. The summed E-state index contributed by atoms with van der Waals surface area (Å²) >= 11 is 1.29. The van der Waals surface area contributed by atoms with Crippen LogP contribution in [-0.2, 0) is 9.59 Å². The number of anilines is 2. The van der Waals surface area contributed by atoms with E-state index in [4.69, 9.17) is 16.2 Å². The number of phenols is 1. The number of ketones is 2. The number of primary amides is 1. The van der Waals surface area contributed by atoms with Gasteiger partial charge in [-0.05, 0) is 41.8 Å². The number of fused-ring (bicyclic) bond motifs is 3. The molecule has 0 saturated heterocycles. The third-order valence-corrected chi connectivity index (χ3v) is 9.41. The van der Waals surface area contributed by atoms with E-state index in [1.165, 1.54) is 11.3 Å². The number of benzene rings is 2. The maximum Gasteiger partial charge on any atom is 0.255 e. The Morgan fingerprint density at radius 1 is 1.07 bits per heavy atom. The van der Waals surface area contributed by atoms with Gasteiger partial charge in [-0.1, -0.05) is 13.0 Å². The summed E-state index contributed by atoms with van der Waals surface area (Å²) < 4.78 is 5.19. The van der Waals surface area contributed by atoms with Crippen LogP contribution in [0, 0.1) is 17.8 Å². The number of rotatable bonds is 5. The first-order valence-electron chi connectivity index (χ1n) is 13.4. The van der Waals surface area contributed by atoms with Crippen LogP contribution in [0.5, 0.6) is 11.5 Å². The molecule has 222 valence electrons. The topological polar surface area (TPSA) is 218 Å². The van der Waals surface area contributed by atoms with Gasteiger partial charge in [-0.25, -0.2) is 4.98 Å². The molecule has 12 nitrogen and oxygen atoms in total. The van der Waals surface area contributed by atoms with E-state index in [0.29, 0.717) is 22.1 Å². The molecule has 0 radical (unpaired) electrons. The van der Waals surface area contributed by atoms with Gasteiger partial charge in [0, 0.05) is 28.4 Å². The van der Waals surface area contributed by atoms with Gasteiger partial charge >= 0.3 is 0 Å². The van der Waals surface area contributed by atoms with Crippen molar-refractivity contribution in [1.29, 1.82) is 0 Å². The van der Waals surface area contributed by atoms with Crippen molar-refractivity contribution in [3.63, 3.8) is 0 Å². The SMILES string of the molecule is COc1ccc(-c2csc(Nc3ccc4c(c3O)C(=O)C3=C(O)C5C(=O)C(C(N)=O)=C(O)[C@@H](N)C5[C@@H](O)C3[C@H]4C)n2)cc1. The van der Waals surface area contributed by atoms with Crippen molar-refractivity contribution in [1.82, 2.24) is 4.98 Å². The first kappa shape index (κ1) is 28.4. The van der Waals surface area contributed by atoms with E-state index in [9.17, 15) is 34.8 Å². The molecule has 3 aliphatic carbocycles. The number of phenolic OH excluding ortho intramolecular Hbond substituents is 1. The number of thiazole rings is 1. The second-order valence-electron chi connectivity index (χ2n) is 10.8. The first-order valence-corrected chi connectivity index (χ1v) is 14.3. The lowest BCUT2D eigenvalue weighted by atomic mass is 9.57. The van der Waals surface area contributed by atoms with E-state index < -0.39 is 76.1 Å². The predicted octanol–water partition coefficient (Wildman–Crippen LogP) is 2.81. The van der Waals surface area contributed by atoms with Crippen LogP contribution in [0.4, 0.5) is 10.8 Å². The van der Waals surface area contributed by atoms with E-state index in [0.717, 1.165) is 5.56 Å². The summed E-state index contributed by atoms with van der Waals surface area (Å²) in [5, 5.41) is 49.9. The molecule has 13 heteroatoms. The van der Waals surface area contributed by atoms with E-state index in [-0.39, 0.29) is 16.8 Å². The number of ether oxygens (including phenoxy) is 1. The van der Waals surface area contributed by atoms with Gasteiger partial charge in [0.1, 0.15) is 22.8 Å². The summed E-state index contributed by atoms with van der Waals surface area (Å²) in [6, 6.07) is 9.18. The third kappa shape index (κ3) is 4.19. The highest BCUT2D eigenvalue weighted by Gasteiger charge is 2.58. The number of Topliss-reactive ketones (excluding diaryl/α,β-unsaturated/α-hetero) is 2. The number of carbonyl (C=O) groups is 3. The van der Waals surface area contributed by atoms with Crippen molar-refractivity contribution in [3.05, 3.63) is 75.6 Å². The van der Waals surface area contributed by atoms with Crippen LogP contribution in [-0.4, -0.2) is 62.1 Å². The Balaban J connectivity index is 1.38. The van der Waals surface area contributed by atoms with Crippen molar-refractivity contribution in [3.8, 4) is 22.8 Å². The Morgan fingerprint density at radius 2 is 1.77 bits per heavy atom. The standard InChI is InChI=1S/C30H28N4O8S/c1-10-13-7-8-14(33-30-34-15(9-43-30)11-3-5-12(42-2)6-4-11)23(35)17(13)25(37)19-16(10)24(36)18-20(26(19)38)27(39)21(29(32)41)28(40)22(18)31/h3-10,16,18,20,22,24,35-36,38,40H,31H2,1-2H3,(H2,32,41)(H,33,34)/t10-,16?,18?,20?,22-,24-/m0/s1. The summed E-state index contributed by atoms with van der Waals surface area (Å²) in [6.07, 6.45) is -1.45. The summed E-state index contributed by atoms with van der Waals surface area (Å²) in [5.41, 5.74) is 12.4. The molecule has 1 heterocycles. The van der Waals surface area contributed by atoms with Crippen molar-refractivity contribution in [2.45, 2.75) is 25.0 Å². The lowest BCUT2D eigenvalue weighted by Gasteiger charge is -2.48. The minimum atomic E-state index is -1.58. The number of methoxy groups -OCH3 is 1. The van der Waals surface area contributed by atoms with Crippen molar-refractivity contribution in [2.75, 3.05) is 12.4 Å². The Labute approximate surface area is 248 Å². The van der Waals surface area contributed by atoms with Crippen LogP contribution in [0.3, 0.4) is 0 Å². The second-order valence-corrected chi connectivity index (χ2v) is 11.7. The minimum absolute atomic E-state index is 0.103. The van der Waals surface area contributed by atoms with Crippen LogP contribution >= 0.6 is 11.3 Å². The molecule has 0 fully saturated rings. The van der Waals surface area contributed by atoms with Gasteiger partial charge < -0.3 is 41.9 Å². The molecule has 1 amide bonds. The fraction of sp³-hybridized carbons (Fsp3) is 0.267. The highest BCUT2D eigenvalue weighted by Crippen LogP contribution is 2.54. The molecule has 3 unspecified atom stereocenters. The highest BCUT2D eigenvalue weighted by molar-refractivity contribution is 7.14. The fourth-order valence-corrected chi connectivity index (χ4v) is 7.27. The van der Waals surface area contributed by atoms with E-state index in [2.05, 4.69) is 10.3 Å². The fourth-order valence-electron chi connectivity index (χ4n) is 6.53. The molecule has 0 saturated carbocycles. The number of aromatic nitrogens is 1. The van der Waals surface area contributed by atoms with Crippen molar-refractivity contribution >= 4 is 39.6 Å². The van der Waals surface area contributed by atoms with Crippen LogP contribution in [0.1, 0.15) is 28.8 Å². The molecule has 3 aliphatic rings. The number of allylic oxidation sites excluding steroid dienone is 1. The third-order valence-electron chi connectivity index (χ3n) is 8.66. The molecule has 0 aliphatic heterocycles. The maximum atomic E-state index is 13.9. The number of nitrogens with one attached hydrogen (secondary N) is 1. The maximum absolute atomic E-state index is 13.9. The van der Waals surface area contributed by atoms with Gasteiger partial charge in [-0.2, -0.15) is 0 Å². The monoisotopic (exact) mass is 604 g/mol. The van der Waals surface area contributed by atoms with Gasteiger partial charge in [-0.3, -0.25) is 14.4 Å². The van der Waals surface area contributed by atoms with Crippen LogP contribution in [0.25, 0.3) is 11.3 Å². The molecule has 2 aromatic carbocycles. The van der Waals surface area contributed by atoms with Crippen molar-refractivity contribution in [2.24, 2.45) is 29.2 Å². The number of aromatic hydroxyl groups is 1. The summed E-state index contributed by atoms with van der Waals surface area (Å²) in [7, 11) is 1.58. The molecule has 43 heavy (non-hydrogen) atoms. The number of nitrogens with two attached hydrogens (primary N) is 2. The molecule has 6 rings (SSSR count). The molecule has 9 N–H and O–H groups in total. The average molecular weight is 605 g/mol. The van der Waals surface area contributed by atoms with Gasteiger partial charge in [0.2, 0.25) is 0 Å². The summed E-state index contributed by atoms with van der Waals surface area (Å²) in [4.78, 5) is 43.7. The number of amides is 1. The Bertz CT molecular complexity index is 1760. The summed E-state index contributed by atoms with van der Waals surface area (Å²) in [6.45, 7) is 1.71. The van der Waals surface area contributed by atoms with Crippen LogP contribution < -0.4 is 21.5 Å². The smallest absolute Gasteiger partial charge is 0.255 e. The molecule has 6 atom stereocenters. The number of hydrogen-bond donors (Lipinski definition) is 7. The Morgan fingerprint density at radius 3 is 2.42 bits per heavy atom. The second kappa shape index (κ2) is 10.2. The van der Waals surface area contributed by atoms with Gasteiger partial charge in [0.25, 0.3) is 5.91 Å². The van der Waals surface area contributed by atoms with E-state index >= 15 is 0 Å². The normalized spacial score (nSPS) is 26.5. The zero-order chi connectivity index (χ0) is 30.9. The van der Waals surface area contributed by atoms with E-state index in [1.807, 2.05) is 29.6 Å². The van der Waals surface area contributed by atoms with Gasteiger partial charge in [-0.15, -0.1) is 11.3 Å². The zero-order valence-corrected chi connectivity index (χ0v) is 23.8. The zero-order valence-electron chi connectivity index (χ0n) is 22.9. The molecule has 3 aromatic rings. The van der Waals surface area contributed by atoms with Gasteiger partial charge in [0.15, 0.2) is 22.4 Å². The molecular weight excluding hydrogens is 576 g/mol. The van der Waals surface area contributed by atoms with Crippen LogP contribution in [0.15, 0.2) is 64.4 Å². The van der Waals surface area contributed by atoms with Crippen LogP contribution in [0.2, 0.25) is 0 Å². The lowest BCUT2D eigenvalue weighted by Crippen LogP contribution is -2.58. The number of hydrogen-bond acceptors (Lipinski definition) is 12. The number of nitrogens with zero attached hydrogens (tertiary/aromatic N) is 1. The lowest BCUT2D eigenvalue weighted by molar-refractivity contribution is -0.129. The quantitative estimate of drug-likeness (QED) is 0.166. The van der Waals surface area contributed by atoms with Crippen molar-refractivity contribution < 1.29 is 39.5 Å².